The standard InChI is InChI=1S/C21H23N3O2S/c1-15-3-6-20(16(2)13-15)27(25,26)18-5-4-17-7-8-23-21(19(17)14-18)24-11-9-22-10-12-24/h3-8,13-14,22H,9-12H2,1-2H3. The molecule has 6 heteroatoms. The van der Waals surface area contributed by atoms with Crippen molar-refractivity contribution in [2.45, 2.75) is 23.6 Å². The smallest absolute Gasteiger partial charge is 0.206 e. The van der Waals surface area contributed by atoms with Crippen molar-refractivity contribution in [3.63, 3.8) is 0 Å². The number of aromatic nitrogens is 1. The molecular formula is C21H23N3O2S. The Balaban J connectivity index is 1.85. The van der Waals surface area contributed by atoms with Crippen LogP contribution in [0.4, 0.5) is 5.82 Å². The molecule has 0 spiro atoms. The highest BCUT2D eigenvalue weighted by molar-refractivity contribution is 7.91. The number of sulfone groups is 1. The monoisotopic (exact) mass is 381 g/mol. The molecule has 0 radical (unpaired) electrons. The first-order valence-electron chi connectivity index (χ1n) is 9.13. The molecule has 2 aromatic carbocycles. The summed E-state index contributed by atoms with van der Waals surface area (Å²) in [6.45, 7) is 7.33. The van der Waals surface area contributed by atoms with Crippen LogP contribution in [0.25, 0.3) is 10.8 Å². The van der Waals surface area contributed by atoms with Gasteiger partial charge < -0.3 is 10.2 Å². The molecule has 27 heavy (non-hydrogen) atoms. The van der Waals surface area contributed by atoms with Gasteiger partial charge in [0.25, 0.3) is 0 Å². The fourth-order valence-corrected chi connectivity index (χ4v) is 5.16. The maximum absolute atomic E-state index is 13.3. The van der Waals surface area contributed by atoms with E-state index in [-0.39, 0.29) is 0 Å². The number of anilines is 1. The summed E-state index contributed by atoms with van der Waals surface area (Å²) in [5, 5.41) is 5.21. The average Bonchev–Trinajstić information content (AvgIpc) is 2.67. The maximum atomic E-state index is 13.3. The second-order valence-electron chi connectivity index (χ2n) is 7.03. The molecule has 1 N–H and O–H groups in total. The molecule has 2 heterocycles. The summed E-state index contributed by atoms with van der Waals surface area (Å²) in [5.74, 6) is 0.853. The van der Waals surface area contributed by atoms with Crippen molar-refractivity contribution >= 4 is 26.4 Å². The van der Waals surface area contributed by atoms with Crippen LogP contribution in [0.1, 0.15) is 11.1 Å². The number of pyridine rings is 1. The number of hydrogen-bond acceptors (Lipinski definition) is 5. The third-order valence-electron chi connectivity index (χ3n) is 5.06. The molecule has 5 nitrogen and oxygen atoms in total. The van der Waals surface area contributed by atoms with E-state index in [9.17, 15) is 8.42 Å². The van der Waals surface area contributed by atoms with E-state index in [1.54, 1.807) is 24.4 Å². The van der Waals surface area contributed by atoms with E-state index < -0.39 is 9.84 Å². The molecular weight excluding hydrogens is 358 g/mol. The number of nitrogens with one attached hydrogen (secondary N) is 1. The number of benzene rings is 2. The molecule has 1 aromatic heterocycles. The topological polar surface area (TPSA) is 62.3 Å². The van der Waals surface area contributed by atoms with Gasteiger partial charge in [-0.05, 0) is 49.1 Å². The highest BCUT2D eigenvalue weighted by Gasteiger charge is 2.22. The van der Waals surface area contributed by atoms with Gasteiger partial charge in [0.05, 0.1) is 9.79 Å². The molecule has 1 fully saturated rings. The number of fused-ring (bicyclic) bond motifs is 1. The first-order valence-corrected chi connectivity index (χ1v) is 10.6. The van der Waals surface area contributed by atoms with E-state index >= 15 is 0 Å². The van der Waals surface area contributed by atoms with Gasteiger partial charge in [0.2, 0.25) is 9.84 Å². The number of aryl methyl sites for hydroxylation is 2. The van der Waals surface area contributed by atoms with Crippen molar-refractivity contribution in [1.29, 1.82) is 0 Å². The second-order valence-corrected chi connectivity index (χ2v) is 8.95. The minimum Gasteiger partial charge on any atom is -0.354 e. The Bertz CT molecular complexity index is 1100. The van der Waals surface area contributed by atoms with Crippen LogP contribution in [-0.2, 0) is 9.84 Å². The van der Waals surface area contributed by atoms with Crippen LogP contribution < -0.4 is 10.2 Å². The van der Waals surface area contributed by atoms with E-state index in [1.165, 1.54) is 0 Å². The van der Waals surface area contributed by atoms with Crippen LogP contribution in [0.5, 0.6) is 0 Å². The van der Waals surface area contributed by atoms with Crippen LogP contribution in [0.2, 0.25) is 0 Å². The van der Waals surface area contributed by atoms with E-state index in [1.807, 2.05) is 38.1 Å². The van der Waals surface area contributed by atoms with E-state index in [0.717, 1.165) is 53.9 Å². The largest absolute Gasteiger partial charge is 0.354 e. The SMILES string of the molecule is Cc1ccc(S(=O)(=O)c2ccc3ccnc(N4CCNCC4)c3c2)c(C)c1. The van der Waals surface area contributed by atoms with Crippen LogP contribution in [0.15, 0.2) is 58.5 Å². The lowest BCUT2D eigenvalue weighted by Gasteiger charge is -2.29. The van der Waals surface area contributed by atoms with Crippen LogP contribution >= 0.6 is 0 Å². The molecule has 140 valence electrons. The lowest BCUT2D eigenvalue weighted by atomic mass is 10.1. The van der Waals surface area contributed by atoms with Gasteiger partial charge >= 0.3 is 0 Å². The van der Waals surface area contributed by atoms with Gasteiger partial charge in [-0.3, -0.25) is 0 Å². The van der Waals surface area contributed by atoms with Crippen LogP contribution in [0.3, 0.4) is 0 Å². The van der Waals surface area contributed by atoms with Gasteiger partial charge in [0, 0.05) is 37.8 Å². The second kappa shape index (κ2) is 6.94. The van der Waals surface area contributed by atoms with E-state index in [4.69, 9.17) is 0 Å². The zero-order valence-corrected chi connectivity index (χ0v) is 16.4. The summed E-state index contributed by atoms with van der Waals surface area (Å²) < 4.78 is 26.5. The Morgan fingerprint density at radius 1 is 1.00 bits per heavy atom. The van der Waals surface area contributed by atoms with Crippen molar-refractivity contribution in [3.05, 3.63) is 59.8 Å². The molecule has 1 aliphatic rings. The fraction of sp³-hybridized carbons (Fsp3) is 0.286. The lowest BCUT2D eigenvalue weighted by molar-refractivity contribution is 0.586. The molecule has 3 aromatic rings. The molecule has 0 bridgehead atoms. The number of nitrogens with zero attached hydrogens (tertiary/aromatic N) is 2. The summed E-state index contributed by atoms with van der Waals surface area (Å²) in [5.41, 5.74) is 1.82. The first kappa shape index (κ1) is 17.9. The van der Waals surface area contributed by atoms with Crippen LogP contribution in [-0.4, -0.2) is 39.6 Å². The highest BCUT2D eigenvalue weighted by Crippen LogP contribution is 2.31. The molecule has 0 saturated carbocycles. The molecule has 4 rings (SSSR count). The van der Waals surface area contributed by atoms with Crippen molar-refractivity contribution in [2.24, 2.45) is 0 Å². The minimum absolute atomic E-state index is 0.311. The van der Waals surface area contributed by atoms with Gasteiger partial charge in [0.1, 0.15) is 5.82 Å². The summed E-state index contributed by atoms with van der Waals surface area (Å²) in [4.78, 5) is 7.45. The van der Waals surface area contributed by atoms with Gasteiger partial charge in [0.15, 0.2) is 0 Å². The molecule has 1 saturated heterocycles. The first-order chi connectivity index (χ1) is 13.0. The van der Waals surface area contributed by atoms with Gasteiger partial charge in [-0.2, -0.15) is 0 Å². The Labute approximate surface area is 160 Å². The maximum Gasteiger partial charge on any atom is 0.206 e. The van der Waals surface area contributed by atoms with Crippen molar-refractivity contribution in [2.75, 3.05) is 31.1 Å². The third-order valence-corrected chi connectivity index (χ3v) is 6.97. The van der Waals surface area contributed by atoms with Gasteiger partial charge in [-0.1, -0.05) is 23.8 Å². The molecule has 0 aliphatic carbocycles. The summed E-state index contributed by atoms with van der Waals surface area (Å²) in [6, 6.07) is 12.7. The normalized spacial score (nSPS) is 15.3. The highest BCUT2D eigenvalue weighted by atomic mass is 32.2. The van der Waals surface area contributed by atoms with E-state index in [0.29, 0.717) is 9.79 Å². The van der Waals surface area contributed by atoms with Gasteiger partial charge in [-0.15, -0.1) is 0 Å². The molecule has 0 atom stereocenters. The Morgan fingerprint density at radius 3 is 2.52 bits per heavy atom. The Hall–Kier alpha value is -2.44. The number of hydrogen-bond donors (Lipinski definition) is 1. The minimum atomic E-state index is -3.58. The summed E-state index contributed by atoms with van der Waals surface area (Å²) >= 11 is 0. The molecule has 1 aliphatic heterocycles. The third kappa shape index (κ3) is 3.31. The predicted octanol–water partition coefficient (Wildman–Crippen LogP) is 3.09. The molecule has 0 unspecified atom stereocenters. The number of piperazine rings is 1. The zero-order chi connectivity index (χ0) is 19.0. The van der Waals surface area contributed by atoms with Crippen LogP contribution in [0, 0.1) is 13.8 Å². The van der Waals surface area contributed by atoms with Crippen molar-refractivity contribution < 1.29 is 8.42 Å². The summed E-state index contributed by atoms with van der Waals surface area (Å²) in [7, 11) is -3.58. The Morgan fingerprint density at radius 2 is 1.78 bits per heavy atom. The lowest BCUT2D eigenvalue weighted by Crippen LogP contribution is -2.43. The summed E-state index contributed by atoms with van der Waals surface area (Å²) in [6.07, 6.45) is 1.79. The Kier molecular flexibility index (Phi) is 4.61. The van der Waals surface area contributed by atoms with Crippen molar-refractivity contribution in [3.8, 4) is 0 Å². The average molecular weight is 382 g/mol. The van der Waals surface area contributed by atoms with E-state index in [2.05, 4.69) is 15.2 Å². The van der Waals surface area contributed by atoms with Gasteiger partial charge in [-0.25, -0.2) is 13.4 Å². The van der Waals surface area contributed by atoms with Crippen molar-refractivity contribution in [1.82, 2.24) is 10.3 Å². The number of rotatable bonds is 3. The quantitative estimate of drug-likeness (QED) is 0.755. The fourth-order valence-electron chi connectivity index (χ4n) is 3.66. The zero-order valence-electron chi connectivity index (χ0n) is 15.6. The predicted molar refractivity (Wildman–Crippen MR) is 108 cm³/mol. The molecule has 0 amide bonds.